The van der Waals surface area contributed by atoms with E-state index in [0.29, 0.717) is 13.0 Å². The molecule has 0 heterocycles. The lowest BCUT2D eigenvalue weighted by Crippen LogP contribution is -2.15. The van der Waals surface area contributed by atoms with Crippen molar-refractivity contribution in [2.75, 3.05) is 6.61 Å². The Hall–Kier alpha value is -1.71. The van der Waals surface area contributed by atoms with Gasteiger partial charge in [0.15, 0.2) is 0 Å². The summed E-state index contributed by atoms with van der Waals surface area (Å²) in [7, 11) is 0. The molecule has 82 valence electrons. The number of nitrogens with zero attached hydrogens (tertiary/aromatic N) is 1. The van der Waals surface area contributed by atoms with Crippen LogP contribution in [0.4, 0.5) is 0 Å². The zero-order valence-electron chi connectivity index (χ0n) is 9.03. The molecule has 15 heavy (non-hydrogen) atoms. The molecule has 0 atom stereocenters. The Labute approximate surface area is 89.4 Å². The molecule has 4 heteroatoms. The summed E-state index contributed by atoms with van der Waals surface area (Å²) >= 11 is 0. The van der Waals surface area contributed by atoms with Crippen molar-refractivity contribution in [2.24, 2.45) is 10.9 Å². The average molecular weight is 208 g/mol. The number of rotatable bonds is 4. The van der Waals surface area contributed by atoms with E-state index in [1.807, 2.05) is 32.0 Å². The highest BCUT2D eigenvalue weighted by Crippen LogP contribution is 2.20. The summed E-state index contributed by atoms with van der Waals surface area (Å²) < 4.78 is 5.52. The SMILES string of the molecule is Cc1cccc(OCC/C(N)=N/O)c1C. The third kappa shape index (κ3) is 3.16. The summed E-state index contributed by atoms with van der Waals surface area (Å²) in [5, 5.41) is 11.2. The van der Waals surface area contributed by atoms with Crippen molar-refractivity contribution in [2.45, 2.75) is 20.3 Å². The van der Waals surface area contributed by atoms with Crippen LogP contribution in [0.15, 0.2) is 23.4 Å². The van der Waals surface area contributed by atoms with E-state index in [1.165, 1.54) is 5.56 Å². The molecule has 0 bridgehead atoms. The first kappa shape index (κ1) is 11.4. The number of hydrogen-bond acceptors (Lipinski definition) is 3. The lowest BCUT2D eigenvalue weighted by Gasteiger charge is -2.10. The van der Waals surface area contributed by atoms with Crippen LogP contribution in [0.2, 0.25) is 0 Å². The van der Waals surface area contributed by atoms with Gasteiger partial charge < -0.3 is 15.7 Å². The van der Waals surface area contributed by atoms with Crippen molar-refractivity contribution >= 4 is 5.84 Å². The predicted octanol–water partition coefficient (Wildman–Crippen LogP) is 1.82. The van der Waals surface area contributed by atoms with E-state index in [1.54, 1.807) is 0 Å². The van der Waals surface area contributed by atoms with E-state index < -0.39 is 0 Å². The second-order valence-electron chi connectivity index (χ2n) is 3.39. The standard InChI is InChI=1S/C11H16N2O2/c1-8-4-3-5-10(9(8)2)15-7-6-11(12)13-14/h3-5,14H,6-7H2,1-2H3,(H2,12,13). The first-order chi connectivity index (χ1) is 7.15. The lowest BCUT2D eigenvalue weighted by atomic mass is 10.1. The Balaban J connectivity index is 2.55. The summed E-state index contributed by atoms with van der Waals surface area (Å²) in [4.78, 5) is 0. The average Bonchev–Trinajstić information content (AvgIpc) is 2.24. The Morgan fingerprint density at radius 1 is 1.47 bits per heavy atom. The van der Waals surface area contributed by atoms with E-state index in [-0.39, 0.29) is 5.84 Å². The third-order valence-electron chi connectivity index (χ3n) is 2.30. The Morgan fingerprint density at radius 2 is 2.20 bits per heavy atom. The highest BCUT2D eigenvalue weighted by atomic mass is 16.5. The van der Waals surface area contributed by atoms with Crippen LogP contribution in [-0.4, -0.2) is 17.6 Å². The van der Waals surface area contributed by atoms with Crippen molar-refractivity contribution in [1.29, 1.82) is 0 Å². The molecule has 3 N–H and O–H groups in total. The molecule has 1 rings (SSSR count). The van der Waals surface area contributed by atoms with E-state index >= 15 is 0 Å². The summed E-state index contributed by atoms with van der Waals surface area (Å²) in [6.07, 6.45) is 0.421. The molecular formula is C11H16N2O2. The molecule has 0 aliphatic rings. The zero-order chi connectivity index (χ0) is 11.3. The topological polar surface area (TPSA) is 67.8 Å². The van der Waals surface area contributed by atoms with Crippen molar-refractivity contribution in [1.82, 2.24) is 0 Å². The molecule has 4 nitrogen and oxygen atoms in total. The van der Waals surface area contributed by atoms with Gasteiger partial charge in [0.25, 0.3) is 0 Å². The first-order valence-corrected chi connectivity index (χ1v) is 4.80. The lowest BCUT2D eigenvalue weighted by molar-refractivity contribution is 0.305. The van der Waals surface area contributed by atoms with Gasteiger partial charge in [-0.25, -0.2) is 0 Å². The van der Waals surface area contributed by atoms with E-state index in [2.05, 4.69) is 5.16 Å². The molecular weight excluding hydrogens is 192 g/mol. The number of hydrogen-bond donors (Lipinski definition) is 2. The van der Waals surface area contributed by atoms with Crippen LogP contribution >= 0.6 is 0 Å². The maximum absolute atomic E-state index is 8.34. The number of nitrogens with two attached hydrogens (primary N) is 1. The van der Waals surface area contributed by atoms with Gasteiger partial charge in [-0.15, -0.1) is 0 Å². The smallest absolute Gasteiger partial charge is 0.142 e. The van der Waals surface area contributed by atoms with E-state index in [0.717, 1.165) is 11.3 Å². The minimum absolute atomic E-state index is 0.181. The number of oxime groups is 1. The molecule has 0 radical (unpaired) electrons. The minimum Gasteiger partial charge on any atom is -0.493 e. The highest BCUT2D eigenvalue weighted by Gasteiger charge is 2.01. The summed E-state index contributed by atoms with van der Waals surface area (Å²) in [5.41, 5.74) is 7.64. The van der Waals surface area contributed by atoms with Gasteiger partial charge in [0.1, 0.15) is 11.6 Å². The zero-order valence-corrected chi connectivity index (χ0v) is 9.03. The Bertz CT molecular complexity index is 362. The van der Waals surface area contributed by atoms with Gasteiger partial charge in [0.05, 0.1) is 6.61 Å². The van der Waals surface area contributed by atoms with Gasteiger partial charge in [0, 0.05) is 6.42 Å². The largest absolute Gasteiger partial charge is 0.493 e. The maximum Gasteiger partial charge on any atom is 0.142 e. The molecule has 0 aliphatic heterocycles. The minimum atomic E-state index is 0.181. The van der Waals surface area contributed by atoms with Crippen LogP contribution in [0.3, 0.4) is 0 Å². The molecule has 0 unspecified atom stereocenters. The fourth-order valence-corrected chi connectivity index (χ4v) is 1.20. The number of amidine groups is 1. The number of benzene rings is 1. The van der Waals surface area contributed by atoms with Crippen LogP contribution in [0.5, 0.6) is 5.75 Å². The maximum atomic E-state index is 8.34. The molecule has 0 spiro atoms. The molecule has 0 saturated heterocycles. The normalized spacial score (nSPS) is 11.5. The van der Waals surface area contributed by atoms with Crippen LogP contribution in [0.1, 0.15) is 17.5 Å². The van der Waals surface area contributed by atoms with Crippen LogP contribution in [0.25, 0.3) is 0 Å². The van der Waals surface area contributed by atoms with Crippen molar-refractivity contribution < 1.29 is 9.94 Å². The summed E-state index contributed by atoms with van der Waals surface area (Å²) in [6.45, 7) is 4.46. The third-order valence-corrected chi connectivity index (χ3v) is 2.30. The fraction of sp³-hybridized carbons (Fsp3) is 0.364. The van der Waals surface area contributed by atoms with Gasteiger partial charge in [-0.05, 0) is 31.0 Å². The second kappa shape index (κ2) is 5.24. The predicted molar refractivity (Wildman–Crippen MR) is 59.4 cm³/mol. The van der Waals surface area contributed by atoms with Crippen LogP contribution in [0, 0.1) is 13.8 Å². The van der Waals surface area contributed by atoms with Gasteiger partial charge >= 0.3 is 0 Å². The fourth-order valence-electron chi connectivity index (χ4n) is 1.20. The summed E-state index contributed by atoms with van der Waals surface area (Å²) in [6, 6.07) is 5.89. The molecule has 0 fully saturated rings. The molecule has 1 aromatic rings. The van der Waals surface area contributed by atoms with Gasteiger partial charge in [0.2, 0.25) is 0 Å². The summed E-state index contributed by atoms with van der Waals surface area (Å²) in [5.74, 6) is 1.03. The number of aryl methyl sites for hydroxylation is 1. The van der Waals surface area contributed by atoms with Gasteiger partial charge in [-0.2, -0.15) is 0 Å². The molecule has 0 amide bonds. The Morgan fingerprint density at radius 3 is 2.87 bits per heavy atom. The molecule has 0 aromatic heterocycles. The highest BCUT2D eigenvalue weighted by molar-refractivity contribution is 5.79. The van der Waals surface area contributed by atoms with Crippen LogP contribution in [-0.2, 0) is 0 Å². The Kier molecular flexibility index (Phi) is 3.97. The van der Waals surface area contributed by atoms with Crippen molar-refractivity contribution in [3.63, 3.8) is 0 Å². The van der Waals surface area contributed by atoms with Crippen molar-refractivity contribution in [3.05, 3.63) is 29.3 Å². The quantitative estimate of drug-likeness (QED) is 0.343. The molecule has 1 aromatic carbocycles. The van der Waals surface area contributed by atoms with Crippen LogP contribution < -0.4 is 10.5 Å². The second-order valence-corrected chi connectivity index (χ2v) is 3.39. The number of ether oxygens (including phenoxy) is 1. The molecule has 0 aliphatic carbocycles. The van der Waals surface area contributed by atoms with E-state index in [4.69, 9.17) is 15.7 Å². The molecule has 0 saturated carbocycles. The van der Waals surface area contributed by atoms with Gasteiger partial charge in [-0.3, -0.25) is 0 Å². The first-order valence-electron chi connectivity index (χ1n) is 4.80. The van der Waals surface area contributed by atoms with E-state index in [9.17, 15) is 0 Å². The van der Waals surface area contributed by atoms with Gasteiger partial charge in [-0.1, -0.05) is 17.3 Å². The monoisotopic (exact) mass is 208 g/mol. The van der Waals surface area contributed by atoms with Crippen molar-refractivity contribution in [3.8, 4) is 5.75 Å².